The number of imide groups is 1. The third-order valence-electron chi connectivity index (χ3n) is 3.60. The fraction of sp³-hybridized carbons (Fsp3) is 0.722. The van der Waals surface area contributed by atoms with Crippen LogP contribution in [0.2, 0.25) is 0 Å². The third kappa shape index (κ3) is 7.54. The molecule has 0 aromatic heterocycles. The van der Waals surface area contributed by atoms with Gasteiger partial charge in [0.05, 0.1) is 5.25 Å². The van der Waals surface area contributed by atoms with Crippen molar-refractivity contribution in [3.05, 3.63) is 11.7 Å². The standard InChI is InChI=1S/C18H28F2N2O7S/c1-10(13(19)20)12(14(23)21-30(26,27)11-8-9-11)22(15(24)28-17(2,3)4)16(25)29-18(5,6)7/h11-12H,8-9H2,1-7H3,(H,21,23). The first-order valence-corrected chi connectivity index (χ1v) is 10.7. The Balaban J connectivity index is 3.46. The van der Waals surface area contributed by atoms with Crippen LogP contribution in [0, 0.1) is 0 Å². The first-order valence-electron chi connectivity index (χ1n) is 9.18. The molecule has 1 aliphatic rings. The zero-order chi connectivity index (χ0) is 23.7. The lowest BCUT2D eigenvalue weighted by Crippen LogP contribution is -2.56. The molecule has 0 aromatic rings. The van der Waals surface area contributed by atoms with E-state index in [0.717, 1.165) is 6.92 Å². The highest BCUT2D eigenvalue weighted by molar-refractivity contribution is 7.90. The summed E-state index contributed by atoms with van der Waals surface area (Å²) in [6, 6.07) is -2.30. The van der Waals surface area contributed by atoms with Gasteiger partial charge in [-0.25, -0.2) is 18.0 Å². The summed E-state index contributed by atoms with van der Waals surface area (Å²) in [6.07, 6.45) is -4.64. The van der Waals surface area contributed by atoms with Gasteiger partial charge in [-0.3, -0.25) is 9.52 Å². The third-order valence-corrected chi connectivity index (χ3v) is 5.44. The summed E-state index contributed by atoms with van der Waals surface area (Å²) in [7, 11) is -4.14. The number of halogens is 2. The van der Waals surface area contributed by atoms with Crippen LogP contribution in [0.4, 0.5) is 18.4 Å². The van der Waals surface area contributed by atoms with Gasteiger partial charge in [-0.05, 0) is 61.3 Å². The molecule has 1 aliphatic carbocycles. The van der Waals surface area contributed by atoms with Crippen LogP contribution in [0.1, 0.15) is 61.3 Å². The maximum Gasteiger partial charge on any atom is 0.420 e. The van der Waals surface area contributed by atoms with E-state index in [2.05, 4.69) is 0 Å². The van der Waals surface area contributed by atoms with E-state index in [-0.39, 0.29) is 4.90 Å². The van der Waals surface area contributed by atoms with Crippen LogP contribution in [0.25, 0.3) is 0 Å². The molecular weight excluding hydrogens is 426 g/mol. The average molecular weight is 454 g/mol. The molecule has 1 saturated carbocycles. The molecule has 1 fully saturated rings. The fourth-order valence-electron chi connectivity index (χ4n) is 2.18. The number of nitrogens with one attached hydrogen (secondary N) is 1. The molecule has 0 aromatic carbocycles. The summed E-state index contributed by atoms with van der Waals surface area (Å²) in [4.78, 5) is 38.1. The van der Waals surface area contributed by atoms with Crippen molar-refractivity contribution in [3.63, 3.8) is 0 Å². The van der Waals surface area contributed by atoms with Gasteiger partial charge in [-0.1, -0.05) is 0 Å². The van der Waals surface area contributed by atoms with Crippen LogP contribution in [0.15, 0.2) is 11.7 Å². The summed E-state index contributed by atoms with van der Waals surface area (Å²) in [6.45, 7) is 9.57. The zero-order valence-corrected chi connectivity index (χ0v) is 18.9. The minimum absolute atomic E-state index is 0.0583. The van der Waals surface area contributed by atoms with Crippen LogP contribution in [0.5, 0.6) is 0 Å². The number of sulfonamides is 1. The fourth-order valence-corrected chi connectivity index (χ4v) is 3.49. The van der Waals surface area contributed by atoms with Gasteiger partial charge in [0.2, 0.25) is 10.0 Å². The first kappa shape index (κ1) is 25.8. The predicted molar refractivity (Wildman–Crippen MR) is 103 cm³/mol. The largest absolute Gasteiger partial charge is 0.443 e. The molecule has 9 nitrogen and oxygen atoms in total. The molecule has 1 unspecified atom stereocenters. The van der Waals surface area contributed by atoms with Crippen molar-refractivity contribution in [2.24, 2.45) is 0 Å². The van der Waals surface area contributed by atoms with E-state index in [1.54, 1.807) is 4.72 Å². The molecule has 3 amide bonds. The topological polar surface area (TPSA) is 119 Å². The van der Waals surface area contributed by atoms with Crippen molar-refractivity contribution in [3.8, 4) is 0 Å². The van der Waals surface area contributed by atoms with Crippen LogP contribution in [-0.2, 0) is 24.3 Å². The summed E-state index contributed by atoms with van der Waals surface area (Å²) in [5.74, 6) is -1.50. The Morgan fingerprint density at radius 1 is 0.967 bits per heavy atom. The lowest BCUT2D eigenvalue weighted by molar-refractivity contribution is -0.123. The van der Waals surface area contributed by atoms with E-state index in [4.69, 9.17) is 9.47 Å². The van der Waals surface area contributed by atoms with Crippen molar-refractivity contribution in [2.45, 2.75) is 83.8 Å². The van der Waals surface area contributed by atoms with Crippen molar-refractivity contribution in [2.75, 3.05) is 0 Å². The van der Waals surface area contributed by atoms with Crippen molar-refractivity contribution in [1.82, 2.24) is 9.62 Å². The molecule has 1 N–H and O–H groups in total. The van der Waals surface area contributed by atoms with Crippen LogP contribution >= 0.6 is 0 Å². The van der Waals surface area contributed by atoms with Gasteiger partial charge in [0.15, 0.2) is 6.04 Å². The quantitative estimate of drug-likeness (QED) is 0.677. The summed E-state index contributed by atoms with van der Waals surface area (Å²) >= 11 is 0. The number of carbonyl (C=O) groups excluding carboxylic acids is 3. The monoisotopic (exact) mass is 454 g/mol. The summed E-state index contributed by atoms with van der Waals surface area (Å²) < 4.78 is 62.9. The number of amides is 3. The predicted octanol–water partition coefficient (Wildman–Crippen LogP) is 3.31. The molecular formula is C18H28F2N2O7S. The number of rotatable bonds is 5. The van der Waals surface area contributed by atoms with Crippen LogP contribution < -0.4 is 4.72 Å². The lowest BCUT2D eigenvalue weighted by Gasteiger charge is -2.32. The number of nitrogens with zero attached hydrogens (tertiary/aromatic N) is 1. The summed E-state index contributed by atoms with van der Waals surface area (Å²) in [5, 5.41) is -0.835. The molecule has 0 heterocycles. The first-order chi connectivity index (χ1) is 13.4. The molecule has 0 aliphatic heterocycles. The summed E-state index contributed by atoms with van der Waals surface area (Å²) in [5.41, 5.74) is -3.30. The second kappa shape index (κ2) is 8.86. The Labute approximate surface area is 174 Å². The maximum absolute atomic E-state index is 13.4. The van der Waals surface area contributed by atoms with E-state index >= 15 is 0 Å². The van der Waals surface area contributed by atoms with E-state index in [9.17, 15) is 31.6 Å². The van der Waals surface area contributed by atoms with Crippen molar-refractivity contribution in [1.29, 1.82) is 0 Å². The highest BCUT2D eigenvalue weighted by Gasteiger charge is 2.45. The van der Waals surface area contributed by atoms with Gasteiger partial charge < -0.3 is 9.47 Å². The smallest absolute Gasteiger partial charge is 0.420 e. The number of carbonyl (C=O) groups is 3. The molecule has 1 rings (SSSR count). The maximum atomic E-state index is 13.4. The van der Waals surface area contributed by atoms with Crippen LogP contribution in [-0.4, -0.2) is 53.9 Å². The van der Waals surface area contributed by atoms with Gasteiger partial charge in [0.1, 0.15) is 11.2 Å². The number of hydrogen-bond donors (Lipinski definition) is 1. The average Bonchev–Trinajstić information content (AvgIpc) is 3.32. The Kier molecular flexibility index (Phi) is 7.62. The van der Waals surface area contributed by atoms with Gasteiger partial charge >= 0.3 is 12.2 Å². The normalized spacial score (nSPS) is 15.6. The second-order valence-corrected chi connectivity index (χ2v) is 10.8. The van der Waals surface area contributed by atoms with Gasteiger partial charge in [0.25, 0.3) is 12.0 Å². The molecule has 30 heavy (non-hydrogen) atoms. The SMILES string of the molecule is CC(=C(F)F)C(C(=O)NS(=O)(=O)C1CC1)N(C(=O)OC(C)(C)C)C(=O)OC(C)(C)C. The molecule has 1 atom stereocenters. The number of hydrogen-bond acceptors (Lipinski definition) is 7. The van der Waals surface area contributed by atoms with Crippen molar-refractivity contribution < 1.29 is 41.1 Å². The second-order valence-electron chi connectivity index (χ2n) is 8.89. The lowest BCUT2D eigenvalue weighted by atomic mass is 10.1. The minimum atomic E-state index is -4.14. The van der Waals surface area contributed by atoms with Gasteiger partial charge in [-0.15, -0.1) is 0 Å². The number of ether oxygens (including phenoxy) is 2. The molecule has 12 heteroatoms. The highest BCUT2D eigenvalue weighted by atomic mass is 32.2. The van der Waals surface area contributed by atoms with E-state index < -0.39 is 62.3 Å². The van der Waals surface area contributed by atoms with Crippen molar-refractivity contribution >= 4 is 28.1 Å². The highest BCUT2D eigenvalue weighted by Crippen LogP contribution is 2.28. The molecule has 172 valence electrons. The van der Waals surface area contributed by atoms with E-state index in [1.165, 1.54) is 41.5 Å². The Morgan fingerprint density at radius 2 is 1.37 bits per heavy atom. The zero-order valence-electron chi connectivity index (χ0n) is 18.0. The Hall–Kier alpha value is -2.24. The molecule has 0 saturated heterocycles. The molecule has 0 radical (unpaired) electrons. The Bertz CT molecular complexity index is 806. The van der Waals surface area contributed by atoms with E-state index in [1.807, 2.05) is 0 Å². The minimum Gasteiger partial charge on any atom is -0.443 e. The van der Waals surface area contributed by atoms with Gasteiger partial charge in [-0.2, -0.15) is 13.7 Å². The molecule has 0 bridgehead atoms. The van der Waals surface area contributed by atoms with Gasteiger partial charge in [0, 0.05) is 5.57 Å². The van der Waals surface area contributed by atoms with Crippen LogP contribution in [0.3, 0.4) is 0 Å². The van der Waals surface area contributed by atoms with E-state index in [0.29, 0.717) is 12.8 Å². The molecule has 0 spiro atoms. The Morgan fingerprint density at radius 3 is 1.67 bits per heavy atom.